The molecule has 0 radical (unpaired) electrons. The molecule has 2 N–H and O–H groups in total. The molecule has 1 aromatic carbocycles. The Morgan fingerprint density at radius 1 is 1.40 bits per heavy atom. The van der Waals surface area contributed by atoms with Gasteiger partial charge in [-0.25, -0.2) is 0 Å². The van der Waals surface area contributed by atoms with Crippen LogP contribution in [0, 0.1) is 0 Å². The number of carbonyl (C=O) groups is 1. The first-order chi connectivity index (χ1) is 9.74. The van der Waals surface area contributed by atoms with Gasteiger partial charge in [0.1, 0.15) is 0 Å². The van der Waals surface area contributed by atoms with E-state index in [-0.39, 0.29) is 12.0 Å². The van der Waals surface area contributed by atoms with E-state index in [2.05, 4.69) is 6.07 Å². The normalized spacial score (nSPS) is 22.4. The average molecular weight is 274 g/mol. The molecule has 20 heavy (non-hydrogen) atoms. The lowest BCUT2D eigenvalue weighted by Crippen LogP contribution is -2.38. The predicted octanol–water partition coefficient (Wildman–Crippen LogP) is 2.11. The highest BCUT2D eigenvalue weighted by atomic mass is 16.5. The summed E-state index contributed by atoms with van der Waals surface area (Å²) >= 11 is 0. The monoisotopic (exact) mass is 274 g/mol. The molecule has 108 valence electrons. The van der Waals surface area contributed by atoms with Gasteiger partial charge in [0, 0.05) is 25.4 Å². The third-order valence-electron chi connectivity index (χ3n) is 4.34. The first-order valence-electron chi connectivity index (χ1n) is 7.49. The zero-order valence-corrected chi connectivity index (χ0v) is 11.8. The van der Waals surface area contributed by atoms with Crippen molar-refractivity contribution in [2.45, 2.75) is 44.8 Å². The highest BCUT2D eigenvalue weighted by molar-refractivity contribution is 5.77. The predicted molar refractivity (Wildman–Crippen MR) is 78.2 cm³/mol. The zero-order valence-electron chi connectivity index (χ0n) is 11.8. The SMILES string of the molecule is Nc1cccc2c1CN(C(=O)CC1CCCCO1)CC2. The van der Waals surface area contributed by atoms with E-state index in [9.17, 15) is 4.79 Å². The van der Waals surface area contributed by atoms with Crippen LogP contribution in [0.1, 0.15) is 36.8 Å². The summed E-state index contributed by atoms with van der Waals surface area (Å²) in [5.41, 5.74) is 9.23. The van der Waals surface area contributed by atoms with Gasteiger partial charge in [-0.2, -0.15) is 0 Å². The van der Waals surface area contributed by atoms with E-state index in [1.54, 1.807) is 0 Å². The second kappa shape index (κ2) is 5.83. The van der Waals surface area contributed by atoms with Crippen LogP contribution in [0.5, 0.6) is 0 Å². The van der Waals surface area contributed by atoms with Crippen molar-refractivity contribution in [1.29, 1.82) is 0 Å². The van der Waals surface area contributed by atoms with Crippen LogP contribution in [0.3, 0.4) is 0 Å². The van der Waals surface area contributed by atoms with Gasteiger partial charge in [0.15, 0.2) is 0 Å². The number of fused-ring (bicyclic) bond motifs is 1. The second-order valence-corrected chi connectivity index (χ2v) is 5.74. The summed E-state index contributed by atoms with van der Waals surface area (Å²) in [6, 6.07) is 6.01. The number of nitrogens with two attached hydrogens (primary N) is 1. The molecule has 1 saturated heterocycles. The standard InChI is InChI=1S/C16H22N2O2/c17-15-6-3-4-12-7-8-18(11-14(12)15)16(19)10-13-5-1-2-9-20-13/h3-4,6,13H,1-2,5,7-11,17H2. The summed E-state index contributed by atoms with van der Waals surface area (Å²) < 4.78 is 5.66. The maximum atomic E-state index is 12.4. The zero-order chi connectivity index (χ0) is 13.9. The van der Waals surface area contributed by atoms with E-state index in [1.807, 2.05) is 17.0 Å². The van der Waals surface area contributed by atoms with Gasteiger partial charge in [-0.3, -0.25) is 4.79 Å². The number of nitrogen functional groups attached to an aromatic ring is 1. The van der Waals surface area contributed by atoms with Gasteiger partial charge in [0.05, 0.1) is 12.5 Å². The molecule has 0 spiro atoms. The lowest BCUT2D eigenvalue weighted by atomic mass is 9.97. The molecule has 0 aliphatic carbocycles. The topological polar surface area (TPSA) is 55.6 Å². The van der Waals surface area contributed by atoms with Crippen molar-refractivity contribution in [3.05, 3.63) is 29.3 Å². The Kier molecular flexibility index (Phi) is 3.92. The number of benzene rings is 1. The molecule has 1 atom stereocenters. The minimum absolute atomic E-state index is 0.116. The third-order valence-corrected chi connectivity index (χ3v) is 4.34. The van der Waals surface area contributed by atoms with E-state index >= 15 is 0 Å². The molecule has 2 aliphatic heterocycles. The highest BCUT2D eigenvalue weighted by Crippen LogP contribution is 2.25. The molecular weight excluding hydrogens is 252 g/mol. The van der Waals surface area contributed by atoms with Gasteiger partial charge >= 0.3 is 0 Å². The van der Waals surface area contributed by atoms with Crippen LogP contribution < -0.4 is 5.73 Å². The summed E-state index contributed by atoms with van der Waals surface area (Å²) in [7, 11) is 0. The molecule has 1 fully saturated rings. The molecule has 2 aliphatic rings. The molecule has 4 heteroatoms. The quantitative estimate of drug-likeness (QED) is 0.840. The fourth-order valence-corrected chi connectivity index (χ4v) is 3.11. The number of hydrogen-bond donors (Lipinski definition) is 1. The number of ether oxygens (including phenoxy) is 1. The van der Waals surface area contributed by atoms with Crippen LogP contribution in [0.25, 0.3) is 0 Å². The van der Waals surface area contributed by atoms with E-state index in [0.717, 1.165) is 43.7 Å². The Morgan fingerprint density at radius 3 is 3.10 bits per heavy atom. The molecule has 0 aromatic heterocycles. The minimum atomic E-state index is 0.116. The van der Waals surface area contributed by atoms with Crippen molar-refractivity contribution in [3.8, 4) is 0 Å². The van der Waals surface area contributed by atoms with E-state index in [0.29, 0.717) is 13.0 Å². The Hall–Kier alpha value is -1.55. The molecule has 0 saturated carbocycles. The Morgan fingerprint density at radius 2 is 2.30 bits per heavy atom. The van der Waals surface area contributed by atoms with Crippen LogP contribution >= 0.6 is 0 Å². The van der Waals surface area contributed by atoms with E-state index < -0.39 is 0 Å². The molecular formula is C16H22N2O2. The number of rotatable bonds is 2. The second-order valence-electron chi connectivity index (χ2n) is 5.74. The molecule has 3 rings (SSSR count). The smallest absolute Gasteiger partial charge is 0.225 e. The lowest BCUT2D eigenvalue weighted by Gasteiger charge is -2.31. The van der Waals surface area contributed by atoms with Gasteiger partial charge in [-0.1, -0.05) is 12.1 Å². The number of anilines is 1. The van der Waals surface area contributed by atoms with Gasteiger partial charge in [0.25, 0.3) is 0 Å². The third kappa shape index (κ3) is 2.80. The van der Waals surface area contributed by atoms with Gasteiger partial charge in [0.2, 0.25) is 5.91 Å². The van der Waals surface area contributed by atoms with Gasteiger partial charge < -0.3 is 15.4 Å². The molecule has 1 amide bonds. The molecule has 4 nitrogen and oxygen atoms in total. The Bertz CT molecular complexity index is 495. The van der Waals surface area contributed by atoms with Crippen LogP contribution in [0.2, 0.25) is 0 Å². The van der Waals surface area contributed by atoms with Crippen molar-refractivity contribution in [2.24, 2.45) is 0 Å². The maximum Gasteiger partial charge on any atom is 0.225 e. The van der Waals surface area contributed by atoms with Crippen LogP contribution in [-0.4, -0.2) is 30.1 Å². The van der Waals surface area contributed by atoms with E-state index in [1.165, 1.54) is 12.0 Å². The first-order valence-corrected chi connectivity index (χ1v) is 7.49. The Balaban J connectivity index is 1.64. The van der Waals surface area contributed by atoms with Crippen molar-refractivity contribution in [3.63, 3.8) is 0 Å². The van der Waals surface area contributed by atoms with Crippen molar-refractivity contribution < 1.29 is 9.53 Å². The molecule has 0 bridgehead atoms. The summed E-state index contributed by atoms with van der Waals surface area (Å²) in [5.74, 6) is 0.200. The highest BCUT2D eigenvalue weighted by Gasteiger charge is 2.25. The summed E-state index contributed by atoms with van der Waals surface area (Å²) in [6.07, 6.45) is 4.84. The molecule has 1 unspecified atom stereocenters. The van der Waals surface area contributed by atoms with Crippen molar-refractivity contribution in [2.75, 3.05) is 18.9 Å². The van der Waals surface area contributed by atoms with Gasteiger partial charge in [-0.15, -0.1) is 0 Å². The average Bonchev–Trinajstić information content (AvgIpc) is 2.48. The van der Waals surface area contributed by atoms with Crippen LogP contribution in [-0.2, 0) is 22.5 Å². The molecule has 2 heterocycles. The number of carbonyl (C=O) groups excluding carboxylic acids is 1. The molecule has 1 aromatic rings. The number of hydrogen-bond acceptors (Lipinski definition) is 3. The van der Waals surface area contributed by atoms with Gasteiger partial charge in [-0.05, 0) is 42.9 Å². The van der Waals surface area contributed by atoms with Crippen molar-refractivity contribution in [1.82, 2.24) is 4.90 Å². The number of nitrogens with zero attached hydrogens (tertiary/aromatic N) is 1. The van der Waals surface area contributed by atoms with Crippen LogP contribution in [0.4, 0.5) is 5.69 Å². The minimum Gasteiger partial charge on any atom is -0.398 e. The lowest BCUT2D eigenvalue weighted by molar-refractivity contribution is -0.136. The van der Waals surface area contributed by atoms with Crippen molar-refractivity contribution >= 4 is 11.6 Å². The fourth-order valence-electron chi connectivity index (χ4n) is 3.11. The number of amides is 1. The maximum absolute atomic E-state index is 12.4. The fraction of sp³-hybridized carbons (Fsp3) is 0.562. The first kappa shape index (κ1) is 13.4. The largest absolute Gasteiger partial charge is 0.398 e. The Labute approximate surface area is 119 Å². The summed E-state index contributed by atoms with van der Waals surface area (Å²) in [4.78, 5) is 14.3. The van der Waals surface area contributed by atoms with Crippen LogP contribution in [0.15, 0.2) is 18.2 Å². The summed E-state index contributed by atoms with van der Waals surface area (Å²) in [5, 5.41) is 0. The summed E-state index contributed by atoms with van der Waals surface area (Å²) in [6.45, 7) is 2.24. The van der Waals surface area contributed by atoms with E-state index in [4.69, 9.17) is 10.5 Å².